The van der Waals surface area contributed by atoms with E-state index < -0.39 is 0 Å². The topological polar surface area (TPSA) is 51.2 Å². The molecule has 2 aliphatic carbocycles. The lowest BCUT2D eigenvalue weighted by Gasteiger charge is -2.30. The molecule has 0 aliphatic heterocycles. The molecule has 23 heavy (non-hydrogen) atoms. The molecule has 1 fully saturated rings. The highest BCUT2D eigenvalue weighted by Gasteiger charge is 2.25. The Bertz CT molecular complexity index is 725. The van der Waals surface area contributed by atoms with Gasteiger partial charge in [-0.15, -0.1) is 0 Å². The fraction of sp³-hybridized carbons (Fsp3) is 0.368. The molecule has 0 saturated heterocycles. The number of hydrogen-bond acceptors (Lipinski definition) is 3. The highest BCUT2D eigenvalue weighted by atomic mass is 16.5. The summed E-state index contributed by atoms with van der Waals surface area (Å²) < 4.78 is 5.75. The first-order valence-corrected chi connectivity index (χ1v) is 8.28. The number of rotatable bonds is 5. The van der Waals surface area contributed by atoms with Crippen molar-refractivity contribution in [3.63, 3.8) is 0 Å². The van der Waals surface area contributed by atoms with E-state index in [1.54, 1.807) is 18.3 Å². The molecule has 1 aromatic carbocycles. The van der Waals surface area contributed by atoms with E-state index in [0.717, 1.165) is 19.3 Å². The van der Waals surface area contributed by atoms with Gasteiger partial charge in [0.15, 0.2) is 0 Å². The van der Waals surface area contributed by atoms with Gasteiger partial charge in [-0.25, -0.2) is 4.98 Å². The standard InChI is InChI=1S/C19H20N2O2/c22-19(21-12-15-10-13-4-1-2-7-17(13)15)14-8-9-20-18(11-14)23-16-5-3-6-16/h1-2,4,7-9,11,15-16H,3,5-6,10,12H2,(H,21,22)/t15-/m0/s1. The van der Waals surface area contributed by atoms with Gasteiger partial charge in [0.25, 0.3) is 5.91 Å². The van der Waals surface area contributed by atoms with Crippen molar-refractivity contribution in [3.8, 4) is 5.88 Å². The van der Waals surface area contributed by atoms with E-state index in [1.807, 2.05) is 0 Å². The number of carbonyl (C=O) groups is 1. The van der Waals surface area contributed by atoms with E-state index in [9.17, 15) is 4.79 Å². The molecule has 1 N–H and O–H groups in total. The van der Waals surface area contributed by atoms with Crippen LogP contribution in [0.15, 0.2) is 42.6 Å². The van der Waals surface area contributed by atoms with Crippen LogP contribution in [0.1, 0.15) is 46.7 Å². The van der Waals surface area contributed by atoms with Crippen LogP contribution >= 0.6 is 0 Å². The number of pyridine rings is 1. The number of nitrogens with one attached hydrogen (secondary N) is 1. The van der Waals surface area contributed by atoms with E-state index in [-0.39, 0.29) is 12.0 Å². The fourth-order valence-corrected chi connectivity index (χ4v) is 3.14. The van der Waals surface area contributed by atoms with Gasteiger partial charge in [0.2, 0.25) is 5.88 Å². The average molecular weight is 308 g/mol. The van der Waals surface area contributed by atoms with Crippen LogP contribution in [0.5, 0.6) is 5.88 Å². The first-order valence-electron chi connectivity index (χ1n) is 8.28. The van der Waals surface area contributed by atoms with Crippen molar-refractivity contribution in [2.24, 2.45) is 0 Å². The van der Waals surface area contributed by atoms with Gasteiger partial charge in [0, 0.05) is 30.3 Å². The number of hydrogen-bond donors (Lipinski definition) is 1. The van der Waals surface area contributed by atoms with Crippen LogP contribution in [0.3, 0.4) is 0 Å². The molecule has 0 bridgehead atoms. The van der Waals surface area contributed by atoms with Gasteiger partial charge in [0.1, 0.15) is 6.10 Å². The van der Waals surface area contributed by atoms with Crippen LogP contribution in [-0.2, 0) is 6.42 Å². The zero-order chi connectivity index (χ0) is 15.6. The van der Waals surface area contributed by atoms with E-state index in [2.05, 4.69) is 34.6 Å². The maximum absolute atomic E-state index is 12.3. The zero-order valence-electron chi connectivity index (χ0n) is 13.0. The number of benzene rings is 1. The number of nitrogens with zero attached hydrogens (tertiary/aromatic N) is 1. The second-order valence-electron chi connectivity index (χ2n) is 6.36. The van der Waals surface area contributed by atoms with Crippen LogP contribution in [0.4, 0.5) is 0 Å². The molecule has 4 nitrogen and oxygen atoms in total. The highest BCUT2D eigenvalue weighted by molar-refractivity contribution is 5.94. The minimum absolute atomic E-state index is 0.0600. The van der Waals surface area contributed by atoms with Crippen LogP contribution in [0.25, 0.3) is 0 Å². The summed E-state index contributed by atoms with van der Waals surface area (Å²) in [4.78, 5) is 16.5. The normalized spacial score (nSPS) is 19.2. The van der Waals surface area contributed by atoms with Gasteiger partial charge in [-0.05, 0) is 42.9 Å². The van der Waals surface area contributed by atoms with Gasteiger partial charge < -0.3 is 10.1 Å². The van der Waals surface area contributed by atoms with Crippen molar-refractivity contribution in [2.75, 3.05) is 6.54 Å². The molecule has 4 rings (SSSR count). The van der Waals surface area contributed by atoms with Crippen molar-refractivity contribution < 1.29 is 9.53 Å². The number of carbonyl (C=O) groups excluding carboxylic acids is 1. The van der Waals surface area contributed by atoms with Gasteiger partial charge in [0.05, 0.1) is 0 Å². The largest absolute Gasteiger partial charge is 0.474 e. The lowest BCUT2D eigenvalue weighted by Crippen LogP contribution is -2.33. The summed E-state index contributed by atoms with van der Waals surface area (Å²) in [5, 5.41) is 3.03. The third-order valence-electron chi connectivity index (χ3n) is 4.81. The zero-order valence-corrected chi connectivity index (χ0v) is 13.0. The molecular formula is C19H20N2O2. The van der Waals surface area contributed by atoms with Crippen LogP contribution < -0.4 is 10.1 Å². The number of aromatic nitrogens is 1. The summed E-state index contributed by atoms with van der Waals surface area (Å²) in [5.74, 6) is 0.925. The third kappa shape index (κ3) is 2.93. The molecule has 1 heterocycles. The lowest BCUT2D eigenvalue weighted by atomic mass is 9.77. The molecule has 1 amide bonds. The SMILES string of the molecule is O=C(NC[C@@H]1Cc2ccccc21)c1ccnc(OC2CCC2)c1. The van der Waals surface area contributed by atoms with Gasteiger partial charge in [-0.2, -0.15) is 0 Å². The molecule has 2 aliphatic rings. The van der Waals surface area contributed by atoms with E-state index in [1.165, 1.54) is 17.5 Å². The summed E-state index contributed by atoms with van der Waals surface area (Å²) in [5.41, 5.74) is 3.37. The first-order chi connectivity index (χ1) is 11.3. The number of ether oxygens (including phenoxy) is 1. The molecule has 0 unspecified atom stereocenters. The number of fused-ring (bicyclic) bond motifs is 1. The molecule has 1 atom stereocenters. The van der Waals surface area contributed by atoms with Gasteiger partial charge >= 0.3 is 0 Å². The average Bonchev–Trinajstić information content (AvgIpc) is 2.52. The van der Waals surface area contributed by atoms with Gasteiger partial charge in [-0.1, -0.05) is 24.3 Å². The maximum Gasteiger partial charge on any atom is 0.251 e. The van der Waals surface area contributed by atoms with Crippen molar-refractivity contribution in [3.05, 3.63) is 59.3 Å². The van der Waals surface area contributed by atoms with Crippen LogP contribution in [0.2, 0.25) is 0 Å². The van der Waals surface area contributed by atoms with Crippen LogP contribution in [0, 0.1) is 0 Å². The van der Waals surface area contributed by atoms with E-state index >= 15 is 0 Å². The molecule has 0 spiro atoms. The Morgan fingerprint density at radius 3 is 2.91 bits per heavy atom. The Balaban J connectivity index is 1.35. The molecule has 1 aromatic heterocycles. The predicted molar refractivity (Wildman–Crippen MR) is 87.7 cm³/mol. The first kappa shape index (κ1) is 14.2. The molecule has 4 heteroatoms. The Morgan fingerprint density at radius 2 is 2.13 bits per heavy atom. The smallest absolute Gasteiger partial charge is 0.251 e. The minimum atomic E-state index is -0.0600. The summed E-state index contributed by atoms with van der Waals surface area (Å²) in [6.45, 7) is 0.678. The quantitative estimate of drug-likeness (QED) is 0.923. The van der Waals surface area contributed by atoms with Crippen molar-refractivity contribution in [1.82, 2.24) is 10.3 Å². The fourth-order valence-electron chi connectivity index (χ4n) is 3.14. The Kier molecular flexibility index (Phi) is 3.74. The lowest BCUT2D eigenvalue weighted by molar-refractivity contribution is 0.0945. The summed E-state index contributed by atoms with van der Waals surface area (Å²) in [6.07, 6.45) is 6.34. The second kappa shape index (κ2) is 6.03. The van der Waals surface area contributed by atoms with Crippen molar-refractivity contribution in [1.29, 1.82) is 0 Å². The molecule has 0 radical (unpaired) electrons. The van der Waals surface area contributed by atoms with E-state index in [4.69, 9.17) is 4.74 Å². The van der Waals surface area contributed by atoms with Crippen molar-refractivity contribution in [2.45, 2.75) is 37.7 Å². The summed E-state index contributed by atoms with van der Waals surface area (Å²) in [7, 11) is 0. The Morgan fingerprint density at radius 1 is 1.26 bits per heavy atom. The number of amides is 1. The monoisotopic (exact) mass is 308 g/mol. The molecular weight excluding hydrogens is 288 g/mol. The second-order valence-corrected chi connectivity index (χ2v) is 6.36. The molecule has 2 aromatic rings. The summed E-state index contributed by atoms with van der Waals surface area (Å²) >= 11 is 0. The van der Waals surface area contributed by atoms with Crippen molar-refractivity contribution >= 4 is 5.91 Å². The maximum atomic E-state index is 12.3. The third-order valence-corrected chi connectivity index (χ3v) is 4.81. The minimum Gasteiger partial charge on any atom is -0.474 e. The summed E-state index contributed by atoms with van der Waals surface area (Å²) in [6, 6.07) is 11.9. The van der Waals surface area contributed by atoms with E-state index in [0.29, 0.717) is 23.9 Å². The Labute approximate surface area is 135 Å². The predicted octanol–water partition coefficient (Wildman–Crippen LogP) is 3.08. The highest BCUT2D eigenvalue weighted by Crippen LogP contribution is 2.34. The molecule has 1 saturated carbocycles. The van der Waals surface area contributed by atoms with Gasteiger partial charge in [-0.3, -0.25) is 4.79 Å². The molecule has 118 valence electrons. The van der Waals surface area contributed by atoms with Crippen LogP contribution in [-0.4, -0.2) is 23.5 Å². The Hall–Kier alpha value is -2.36.